The molecule has 2 N–H and O–H groups in total. The lowest BCUT2D eigenvalue weighted by Crippen LogP contribution is -2.26. The van der Waals surface area contributed by atoms with E-state index < -0.39 is 12.5 Å². The van der Waals surface area contributed by atoms with E-state index in [0.717, 1.165) is 5.75 Å². The first-order chi connectivity index (χ1) is 9.65. The van der Waals surface area contributed by atoms with Crippen molar-refractivity contribution in [2.45, 2.75) is 13.0 Å². The van der Waals surface area contributed by atoms with Gasteiger partial charge in [-0.3, -0.25) is 4.79 Å². The lowest BCUT2D eigenvalue weighted by molar-refractivity contribution is -0.0501. The molecule has 0 atom stereocenters. The molecule has 0 unspecified atom stereocenters. The number of carbonyl (C=O) groups is 1. The maximum atomic E-state index is 12.2. The molecule has 0 aromatic heterocycles. The van der Waals surface area contributed by atoms with Gasteiger partial charge in [0.25, 0.3) is 5.91 Å². The van der Waals surface area contributed by atoms with Crippen LogP contribution >= 0.6 is 11.8 Å². The molecule has 0 bridgehead atoms. The van der Waals surface area contributed by atoms with Crippen molar-refractivity contribution in [3.63, 3.8) is 0 Å². The van der Waals surface area contributed by atoms with Crippen molar-refractivity contribution in [1.82, 2.24) is 5.32 Å². The zero-order valence-electron chi connectivity index (χ0n) is 10.9. The highest BCUT2D eigenvalue weighted by molar-refractivity contribution is 7.99. The Morgan fingerprint density at radius 1 is 1.35 bits per heavy atom. The average Bonchev–Trinajstić information content (AvgIpc) is 2.42. The number of aliphatic hydroxyl groups is 1. The number of hydrogen-bond acceptors (Lipinski definition) is 4. The van der Waals surface area contributed by atoms with Crippen molar-refractivity contribution < 1.29 is 23.4 Å². The van der Waals surface area contributed by atoms with E-state index in [1.165, 1.54) is 18.2 Å². The Morgan fingerprint density at radius 3 is 2.80 bits per heavy atom. The number of alkyl halides is 2. The van der Waals surface area contributed by atoms with Crippen LogP contribution in [0.25, 0.3) is 0 Å². The van der Waals surface area contributed by atoms with Gasteiger partial charge in [0.1, 0.15) is 5.75 Å². The quantitative estimate of drug-likeness (QED) is 0.686. The van der Waals surface area contributed by atoms with Crippen LogP contribution in [-0.4, -0.2) is 42.3 Å². The number of para-hydroxylation sites is 1. The third-order valence-corrected chi connectivity index (χ3v) is 3.40. The molecule has 0 spiro atoms. The molecule has 1 amide bonds. The fraction of sp³-hybridized carbons (Fsp3) is 0.462. The second kappa shape index (κ2) is 9.55. The number of nitrogens with one attached hydrogen (secondary N) is 1. The van der Waals surface area contributed by atoms with E-state index in [4.69, 9.17) is 5.11 Å². The van der Waals surface area contributed by atoms with Gasteiger partial charge in [0.05, 0.1) is 5.56 Å². The first kappa shape index (κ1) is 16.7. The molecule has 4 nitrogen and oxygen atoms in total. The van der Waals surface area contributed by atoms with E-state index in [-0.39, 0.29) is 17.9 Å². The summed E-state index contributed by atoms with van der Waals surface area (Å²) in [5.41, 5.74) is 0.0909. The monoisotopic (exact) mass is 305 g/mol. The standard InChI is InChI=1S/C13H17F2NO3S/c14-13(15)19-11-5-2-1-4-10(11)12(18)16-6-9-20-8-3-7-17/h1-2,4-5,13,17H,3,6-9H2,(H,16,18). The van der Waals surface area contributed by atoms with Crippen LogP contribution in [0.15, 0.2) is 24.3 Å². The molecule has 0 aliphatic rings. The SMILES string of the molecule is O=C(NCCSCCCO)c1ccccc1OC(F)F. The molecule has 0 fully saturated rings. The van der Waals surface area contributed by atoms with Gasteiger partial charge in [0, 0.05) is 18.9 Å². The van der Waals surface area contributed by atoms with Crippen molar-refractivity contribution in [3.05, 3.63) is 29.8 Å². The fourth-order valence-electron chi connectivity index (χ4n) is 1.45. The molecular weight excluding hydrogens is 288 g/mol. The largest absolute Gasteiger partial charge is 0.434 e. The highest BCUT2D eigenvalue weighted by atomic mass is 32.2. The molecular formula is C13H17F2NO3S. The zero-order chi connectivity index (χ0) is 14.8. The van der Waals surface area contributed by atoms with Gasteiger partial charge in [-0.15, -0.1) is 0 Å². The predicted molar refractivity (Wildman–Crippen MR) is 74.4 cm³/mol. The molecule has 0 aliphatic carbocycles. The number of rotatable bonds is 9. The molecule has 0 radical (unpaired) electrons. The van der Waals surface area contributed by atoms with Crippen molar-refractivity contribution >= 4 is 17.7 Å². The van der Waals surface area contributed by atoms with Crippen molar-refractivity contribution in [2.24, 2.45) is 0 Å². The molecule has 112 valence electrons. The fourth-order valence-corrected chi connectivity index (χ4v) is 2.24. The Kier molecular flexibility index (Phi) is 7.98. The Morgan fingerprint density at radius 2 is 2.10 bits per heavy atom. The van der Waals surface area contributed by atoms with Crippen molar-refractivity contribution in [2.75, 3.05) is 24.7 Å². The third-order valence-electron chi connectivity index (χ3n) is 2.33. The lowest BCUT2D eigenvalue weighted by atomic mass is 10.2. The molecule has 0 saturated carbocycles. The Balaban J connectivity index is 2.43. The predicted octanol–water partition coefficient (Wildman–Crippen LogP) is 2.13. The Labute approximate surface area is 120 Å². The highest BCUT2D eigenvalue weighted by Crippen LogP contribution is 2.19. The van der Waals surface area contributed by atoms with Gasteiger partial charge in [0.2, 0.25) is 0 Å². The van der Waals surface area contributed by atoms with Crippen LogP contribution in [0.3, 0.4) is 0 Å². The van der Waals surface area contributed by atoms with Gasteiger partial charge in [-0.1, -0.05) is 12.1 Å². The summed E-state index contributed by atoms with van der Waals surface area (Å²) < 4.78 is 28.7. The maximum absolute atomic E-state index is 12.2. The Bertz CT molecular complexity index is 418. The number of ether oxygens (including phenoxy) is 1. The number of benzene rings is 1. The minimum absolute atomic E-state index is 0.0909. The second-order valence-electron chi connectivity index (χ2n) is 3.82. The van der Waals surface area contributed by atoms with Crippen LogP contribution in [0.5, 0.6) is 5.75 Å². The molecule has 1 aromatic rings. The summed E-state index contributed by atoms with van der Waals surface area (Å²) in [6, 6.07) is 5.88. The van der Waals surface area contributed by atoms with E-state index in [0.29, 0.717) is 18.7 Å². The van der Waals surface area contributed by atoms with Gasteiger partial charge in [-0.05, 0) is 24.3 Å². The summed E-state index contributed by atoms with van der Waals surface area (Å²) in [5, 5.41) is 11.2. The van der Waals surface area contributed by atoms with Crippen LogP contribution in [0.4, 0.5) is 8.78 Å². The van der Waals surface area contributed by atoms with E-state index in [2.05, 4.69) is 10.1 Å². The minimum Gasteiger partial charge on any atom is -0.434 e. The summed E-state index contributed by atoms with van der Waals surface area (Å²) in [4.78, 5) is 11.9. The second-order valence-corrected chi connectivity index (χ2v) is 5.04. The normalized spacial score (nSPS) is 10.6. The smallest absolute Gasteiger partial charge is 0.387 e. The van der Waals surface area contributed by atoms with Gasteiger partial charge in [-0.2, -0.15) is 20.5 Å². The first-order valence-electron chi connectivity index (χ1n) is 6.15. The molecule has 7 heteroatoms. The van der Waals surface area contributed by atoms with Crippen molar-refractivity contribution in [1.29, 1.82) is 0 Å². The molecule has 0 aliphatic heterocycles. The average molecular weight is 305 g/mol. The molecule has 1 rings (SSSR count). The third kappa shape index (κ3) is 6.21. The van der Waals surface area contributed by atoms with Crippen LogP contribution < -0.4 is 10.1 Å². The minimum atomic E-state index is -2.96. The Hall–Kier alpha value is -1.34. The van der Waals surface area contributed by atoms with Gasteiger partial charge in [0.15, 0.2) is 0 Å². The van der Waals surface area contributed by atoms with E-state index in [9.17, 15) is 13.6 Å². The number of hydrogen-bond donors (Lipinski definition) is 2. The first-order valence-corrected chi connectivity index (χ1v) is 7.31. The summed E-state index contributed by atoms with van der Waals surface area (Å²) in [6.07, 6.45) is 0.712. The van der Waals surface area contributed by atoms with E-state index in [1.807, 2.05) is 0 Å². The van der Waals surface area contributed by atoms with E-state index in [1.54, 1.807) is 17.8 Å². The topological polar surface area (TPSA) is 58.6 Å². The molecule has 0 saturated heterocycles. The van der Waals surface area contributed by atoms with Gasteiger partial charge in [-0.25, -0.2) is 0 Å². The van der Waals surface area contributed by atoms with Gasteiger partial charge < -0.3 is 15.2 Å². The summed E-state index contributed by atoms with van der Waals surface area (Å²) in [5.74, 6) is 0.943. The van der Waals surface area contributed by atoms with Crippen molar-refractivity contribution in [3.8, 4) is 5.75 Å². The van der Waals surface area contributed by atoms with Crippen LogP contribution in [-0.2, 0) is 0 Å². The lowest BCUT2D eigenvalue weighted by Gasteiger charge is -2.10. The summed E-state index contributed by atoms with van der Waals surface area (Å²) in [7, 11) is 0. The zero-order valence-corrected chi connectivity index (χ0v) is 11.7. The number of amides is 1. The number of thioether (sulfide) groups is 1. The summed E-state index contributed by atoms with van der Waals surface area (Å²) >= 11 is 1.60. The molecule has 1 aromatic carbocycles. The van der Waals surface area contributed by atoms with Crippen LogP contribution in [0.1, 0.15) is 16.8 Å². The highest BCUT2D eigenvalue weighted by Gasteiger charge is 2.14. The number of halogens is 2. The number of aliphatic hydroxyl groups excluding tert-OH is 1. The van der Waals surface area contributed by atoms with Gasteiger partial charge >= 0.3 is 6.61 Å². The number of carbonyl (C=O) groups excluding carboxylic acids is 1. The summed E-state index contributed by atoms with van der Waals surface area (Å²) in [6.45, 7) is -2.38. The molecule has 20 heavy (non-hydrogen) atoms. The molecule has 0 heterocycles. The van der Waals surface area contributed by atoms with E-state index >= 15 is 0 Å². The maximum Gasteiger partial charge on any atom is 0.387 e. The van der Waals surface area contributed by atoms with Crippen LogP contribution in [0.2, 0.25) is 0 Å². The van der Waals surface area contributed by atoms with Crippen LogP contribution in [0, 0.1) is 0 Å².